The third kappa shape index (κ3) is 2.15. The highest BCUT2D eigenvalue weighted by Crippen LogP contribution is 2.32. The highest BCUT2D eigenvalue weighted by molar-refractivity contribution is 5.12. The van der Waals surface area contributed by atoms with Gasteiger partial charge in [0.15, 0.2) is 0 Å². The lowest BCUT2D eigenvalue weighted by Gasteiger charge is -2.21. The van der Waals surface area contributed by atoms with Crippen LogP contribution in [-0.2, 0) is 13.6 Å². The van der Waals surface area contributed by atoms with Gasteiger partial charge in [0.25, 0.3) is 0 Å². The first-order valence-electron chi connectivity index (χ1n) is 6.24. The van der Waals surface area contributed by atoms with E-state index < -0.39 is 0 Å². The lowest BCUT2D eigenvalue weighted by molar-refractivity contribution is 0.222. The van der Waals surface area contributed by atoms with E-state index in [0.717, 1.165) is 13.1 Å². The van der Waals surface area contributed by atoms with Crippen LogP contribution < -0.4 is 0 Å². The molecule has 18 heavy (non-hydrogen) atoms. The van der Waals surface area contributed by atoms with Crippen LogP contribution in [0.2, 0.25) is 0 Å². The Morgan fingerprint density at radius 3 is 3.00 bits per heavy atom. The number of hydrogen-bond acceptors (Lipinski definition) is 5. The van der Waals surface area contributed by atoms with Crippen molar-refractivity contribution in [1.82, 2.24) is 24.9 Å². The van der Waals surface area contributed by atoms with Crippen LogP contribution in [0.3, 0.4) is 0 Å². The Labute approximate surface area is 106 Å². The van der Waals surface area contributed by atoms with Gasteiger partial charge in [-0.25, -0.2) is 0 Å². The first-order valence-corrected chi connectivity index (χ1v) is 6.24. The summed E-state index contributed by atoms with van der Waals surface area (Å²) in [7, 11) is 1.95. The van der Waals surface area contributed by atoms with Gasteiger partial charge in [-0.1, -0.05) is 0 Å². The average molecular weight is 247 g/mol. The van der Waals surface area contributed by atoms with Crippen molar-refractivity contribution >= 4 is 0 Å². The first-order chi connectivity index (χ1) is 8.72. The average Bonchev–Trinajstić information content (AvgIpc) is 3.01. The molecule has 0 spiro atoms. The second-order valence-electron chi connectivity index (χ2n) is 4.79. The number of nitrogens with zero attached hydrogens (tertiary/aromatic N) is 5. The van der Waals surface area contributed by atoms with Gasteiger partial charge >= 0.3 is 0 Å². The summed E-state index contributed by atoms with van der Waals surface area (Å²) in [5.74, 6) is 1.32. The molecular weight excluding hydrogens is 230 g/mol. The Balaban J connectivity index is 1.75. The van der Waals surface area contributed by atoms with Crippen molar-refractivity contribution in [3.05, 3.63) is 29.7 Å². The number of aryl methyl sites for hydroxylation is 2. The molecule has 96 valence electrons. The molecule has 1 saturated heterocycles. The summed E-state index contributed by atoms with van der Waals surface area (Å²) >= 11 is 0. The van der Waals surface area contributed by atoms with E-state index in [1.807, 2.05) is 24.9 Å². The van der Waals surface area contributed by atoms with Gasteiger partial charge in [-0.2, -0.15) is 5.10 Å². The quantitative estimate of drug-likeness (QED) is 0.821. The summed E-state index contributed by atoms with van der Waals surface area (Å²) in [4.78, 5) is 2.38. The molecule has 0 saturated carbocycles. The van der Waals surface area contributed by atoms with Crippen LogP contribution in [0, 0.1) is 6.92 Å². The normalized spacial score (nSPS) is 20.7. The molecule has 6 heteroatoms. The maximum Gasteiger partial charge on any atom is 0.230 e. The summed E-state index contributed by atoms with van der Waals surface area (Å²) in [5.41, 5.74) is 1.27. The van der Waals surface area contributed by atoms with Gasteiger partial charge in [-0.15, -0.1) is 10.2 Å². The molecule has 2 aromatic heterocycles. The van der Waals surface area contributed by atoms with E-state index in [9.17, 15) is 0 Å². The third-order valence-electron chi connectivity index (χ3n) is 3.38. The summed E-state index contributed by atoms with van der Waals surface area (Å²) in [6.07, 6.45) is 6.40. The maximum absolute atomic E-state index is 5.45. The van der Waals surface area contributed by atoms with Crippen molar-refractivity contribution in [3.63, 3.8) is 0 Å². The molecule has 3 heterocycles. The smallest absolute Gasteiger partial charge is 0.230 e. The van der Waals surface area contributed by atoms with Crippen molar-refractivity contribution in [2.24, 2.45) is 7.05 Å². The summed E-state index contributed by atoms with van der Waals surface area (Å²) in [6.45, 7) is 3.61. The number of aromatic nitrogens is 4. The van der Waals surface area contributed by atoms with E-state index in [1.54, 1.807) is 0 Å². The molecule has 0 aromatic carbocycles. The van der Waals surface area contributed by atoms with E-state index in [4.69, 9.17) is 4.42 Å². The fraction of sp³-hybridized carbons (Fsp3) is 0.583. The molecule has 1 unspecified atom stereocenters. The molecule has 0 aliphatic carbocycles. The molecule has 1 atom stereocenters. The fourth-order valence-electron chi connectivity index (χ4n) is 2.58. The van der Waals surface area contributed by atoms with Crippen LogP contribution in [0.5, 0.6) is 0 Å². The van der Waals surface area contributed by atoms with Gasteiger partial charge in [0.2, 0.25) is 11.8 Å². The van der Waals surface area contributed by atoms with E-state index in [0.29, 0.717) is 17.8 Å². The lowest BCUT2D eigenvalue weighted by Crippen LogP contribution is -2.22. The zero-order valence-electron chi connectivity index (χ0n) is 10.7. The van der Waals surface area contributed by atoms with Gasteiger partial charge in [0.05, 0.1) is 12.7 Å². The van der Waals surface area contributed by atoms with E-state index >= 15 is 0 Å². The molecule has 0 amide bonds. The van der Waals surface area contributed by atoms with Crippen molar-refractivity contribution in [1.29, 1.82) is 0 Å². The lowest BCUT2D eigenvalue weighted by atomic mass is 10.1. The summed E-state index contributed by atoms with van der Waals surface area (Å²) in [5, 5.41) is 12.2. The number of hydrogen-bond donors (Lipinski definition) is 0. The largest absolute Gasteiger partial charge is 0.424 e. The predicted molar refractivity (Wildman–Crippen MR) is 64.6 cm³/mol. The van der Waals surface area contributed by atoms with Crippen molar-refractivity contribution in [2.45, 2.75) is 32.4 Å². The minimum Gasteiger partial charge on any atom is -0.424 e. The van der Waals surface area contributed by atoms with Crippen LogP contribution in [-0.4, -0.2) is 31.4 Å². The number of likely N-dealkylation sites (tertiary alicyclic amines) is 1. The molecule has 1 aliphatic heterocycles. The summed E-state index contributed by atoms with van der Waals surface area (Å²) < 4.78 is 7.30. The zero-order valence-corrected chi connectivity index (χ0v) is 10.7. The second-order valence-corrected chi connectivity index (χ2v) is 4.79. The molecule has 0 radical (unpaired) electrons. The van der Waals surface area contributed by atoms with Crippen molar-refractivity contribution in [2.75, 3.05) is 6.54 Å². The van der Waals surface area contributed by atoms with Crippen LogP contribution in [0.25, 0.3) is 0 Å². The molecule has 2 aromatic rings. The SMILES string of the molecule is Cc1nnc(CN2CCCC2c2cnn(C)c2)o1. The number of rotatable bonds is 3. The molecule has 1 aliphatic rings. The van der Waals surface area contributed by atoms with Crippen molar-refractivity contribution < 1.29 is 4.42 Å². The Kier molecular flexibility index (Phi) is 2.87. The Morgan fingerprint density at radius 1 is 1.44 bits per heavy atom. The minimum absolute atomic E-state index is 0.422. The maximum atomic E-state index is 5.45. The Morgan fingerprint density at radius 2 is 2.33 bits per heavy atom. The molecule has 3 rings (SSSR count). The molecule has 6 nitrogen and oxygen atoms in total. The molecular formula is C12H17N5O. The fourth-order valence-corrected chi connectivity index (χ4v) is 2.58. The zero-order chi connectivity index (χ0) is 12.5. The van der Waals surface area contributed by atoms with E-state index in [1.165, 1.54) is 18.4 Å². The topological polar surface area (TPSA) is 60.0 Å². The summed E-state index contributed by atoms with van der Waals surface area (Å²) in [6, 6.07) is 0.422. The Bertz CT molecular complexity index is 532. The molecule has 1 fully saturated rings. The molecule has 0 bridgehead atoms. The predicted octanol–water partition coefficient (Wildman–Crippen LogP) is 1.45. The van der Waals surface area contributed by atoms with Crippen LogP contribution in [0.4, 0.5) is 0 Å². The third-order valence-corrected chi connectivity index (χ3v) is 3.38. The van der Waals surface area contributed by atoms with Gasteiger partial charge in [0, 0.05) is 31.8 Å². The highest BCUT2D eigenvalue weighted by Gasteiger charge is 2.28. The Hall–Kier alpha value is -1.69. The van der Waals surface area contributed by atoms with Gasteiger partial charge < -0.3 is 4.42 Å². The van der Waals surface area contributed by atoms with E-state index in [2.05, 4.69) is 26.4 Å². The van der Waals surface area contributed by atoms with Gasteiger partial charge in [-0.3, -0.25) is 9.58 Å². The standard InChI is InChI=1S/C12H17N5O/c1-9-14-15-12(18-9)8-17-5-3-4-11(17)10-6-13-16(2)7-10/h6-7,11H,3-5,8H2,1-2H3. The first kappa shape index (κ1) is 11.4. The minimum atomic E-state index is 0.422. The van der Waals surface area contributed by atoms with Crippen LogP contribution in [0.15, 0.2) is 16.8 Å². The van der Waals surface area contributed by atoms with Gasteiger partial charge in [0.1, 0.15) is 0 Å². The second kappa shape index (κ2) is 4.53. The molecule has 0 N–H and O–H groups in total. The van der Waals surface area contributed by atoms with Crippen molar-refractivity contribution in [3.8, 4) is 0 Å². The van der Waals surface area contributed by atoms with E-state index in [-0.39, 0.29) is 0 Å². The van der Waals surface area contributed by atoms with Crippen LogP contribution >= 0.6 is 0 Å². The van der Waals surface area contributed by atoms with Gasteiger partial charge in [-0.05, 0) is 19.4 Å². The highest BCUT2D eigenvalue weighted by atomic mass is 16.4. The van der Waals surface area contributed by atoms with Crippen LogP contribution in [0.1, 0.15) is 36.2 Å². The monoisotopic (exact) mass is 247 g/mol.